The molecule has 0 radical (unpaired) electrons. The van der Waals surface area contributed by atoms with Gasteiger partial charge in [0.05, 0.1) is 0 Å². The number of imidazole rings is 1. The third-order valence-corrected chi connectivity index (χ3v) is 3.51. The van der Waals surface area contributed by atoms with Gasteiger partial charge >= 0.3 is 0 Å². The first-order chi connectivity index (χ1) is 7.47. The fraction of sp³-hybridized carbons (Fsp3) is 0.769. The van der Waals surface area contributed by atoms with Crippen LogP contribution in [-0.2, 0) is 0 Å². The van der Waals surface area contributed by atoms with Gasteiger partial charge in [0, 0.05) is 18.3 Å². The van der Waals surface area contributed by atoms with E-state index >= 15 is 0 Å². The summed E-state index contributed by atoms with van der Waals surface area (Å²) in [4.78, 5) is 7.69. The third kappa shape index (κ3) is 3.37. The van der Waals surface area contributed by atoms with E-state index in [0.717, 1.165) is 0 Å². The molecule has 0 aliphatic heterocycles. The number of aromatic amines is 1. The molecule has 1 aromatic rings. The van der Waals surface area contributed by atoms with Gasteiger partial charge in [-0.1, -0.05) is 44.9 Å². The maximum absolute atomic E-state index is 4.41. The summed E-state index contributed by atoms with van der Waals surface area (Å²) in [6, 6.07) is 0. The first-order valence-corrected chi connectivity index (χ1v) is 6.46. The highest BCUT2D eigenvalue weighted by Gasteiger charge is 2.13. The first-order valence-electron chi connectivity index (χ1n) is 6.46. The molecular formula is C13H22N2. The maximum Gasteiger partial charge on any atom is 0.109 e. The molecule has 0 saturated heterocycles. The van der Waals surface area contributed by atoms with Crippen molar-refractivity contribution in [2.24, 2.45) is 0 Å². The van der Waals surface area contributed by atoms with Crippen LogP contribution in [0.25, 0.3) is 0 Å². The van der Waals surface area contributed by atoms with Crippen molar-refractivity contribution >= 4 is 0 Å². The first kappa shape index (κ1) is 10.7. The molecule has 1 N–H and O–H groups in total. The molecule has 2 rings (SSSR count). The fourth-order valence-corrected chi connectivity index (χ4v) is 2.58. The van der Waals surface area contributed by atoms with Crippen LogP contribution in [0.3, 0.4) is 0 Å². The average molecular weight is 206 g/mol. The Morgan fingerprint density at radius 1 is 0.933 bits per heavy atom. The van der Waals surface area contributed by atoms with Gasteiger partial charge in [-0.3, -0.25) is 0 Å². The summed E-state index contributed by atoms with van der Waals surface area (Å²) in [5, 5.41) is 0. The number of nitrogens with zero attached hydrogens (tertiary/aromatic N) is 1. The minimum Gasteiger partial charge on any atom is -0.348 e. The molecule has 1 aromatic heterocycles. The van der Waals surface area contributed by atoms with E-state index in [1.165, 1.54) is 63.6 Å². The van der Waals surface area contributed by atoms with Crippen molar-refractivity contribution in [1.82, 2.24) is 9.97 Å². The minimum absolute atomic E-state index is 0.693. The van der Waals surface area contributed by atoms with Crippen LogP contribution in [0.5, 0.6) is 0 Å². The van der Waals surface area contributed by atoms with E-state index in [0.29, 0.717) is 5.92 Å². The molecule has 0 atom stereocenters. The molecule has 1 saturated carbocycles. The van der Waals surface area contributed by atoms with Gasteiger partial charge in [0.1, 0.15) is 5.82 Å². The van der Waals surface area contributed by atoms with E-state index in [-0.39, 0.29) is 0 Å². The normalized spacial score (nSPS) is 21.3. The van der Waals surface area contributed by atoms with Gasteiger partial charge < -0.3 is 4.98 Å². The second-order valence-corrected chi connectivity index (χ2v) is 4.72. The molecule has 84 valence electrons. The van der Waals surface area contributed by atoms with Gasteiger partial charge in [0.25, 0.3) is 0 Å². The van der Waals surface area contributed by atoms with Crippen molar-refractivity contribution in [3.8, 4) is 0 Å². The van der Waals surface area contributed by atoms with Crippen molar-refractivity contribution in [3.05, 3.63) is 18.2 Å². The second kappa shape index (κ2) is 5.94. The van der Waals surface area contributed by atoms with Crippen LogP contribution < -0.4 is 0 Å². The molecule has 0 bridgehead atoms. The second-order valence-electron chi connectivity index (χ2n) is 4.72. The molecule has 1 aliphatic carbocycles. The van der Waals surface area contributed by atoms with Crippen LogP contribution in [0.15, 0.2) is 12.4 Å². The van der Waals surface area contributed by atoms with Gasteiger partial charge in [-0.05, 0) is 12.8 Å². The molecule has 0 aromatic carbocycles. The molecule has 1 fully saturated rings. The summed E-state index contributed by atoms with van der Waals surface area (Å²) >= 11 is 0. The van der Waals surface area contributed by atoms with E-state index in [1.807, 2.05) is 12.4 Å². The lowest BCUT2D eigenvalue weighted by molar-refractivity contribution is 0.452. The predicted molar refractivity (Wildman–Crippen MR) is 62.9 cm³/mol. The quantitative estimate of drug-likeness (QED) is 0.738. The van der Waals surface area contributed by atoms with Gasteiger partial charge in [-0.2, -0.15) is 0 Å². The fourth-order valence-electron chi connectivity index (χ4n) is 2.58. The molecule has 1 aliphatic rings. The van der Waals surface area contributed by atoms with Crippen LogP contribution in [0, 0.1) is 0 Å². The van der Waals surface area contributed by atoms with Crippen molar-refractivity contribution in [3.63, 3.8) is 0 Å². The number of rotatable bonds is 1. The molecule has 15 heavy (non-hydrogen) atoms. The van der Waals surface area contributed by atoms with Crippen molar-refractivity contribution in [2.75, 3.05) is 0 Å². The molecule has 0 unspecified atom stereocenters. The summed E-state index contributed by atoms with van der Waals surface area (Å²) in [6.45, 7) is 0. The summed E-state index contributed by atoms with van der Waals surface area (Å²) in [5.41, 5.74) is 0. The zero-order valence-electron chi connectivity index (χ0n) is 9.54. The Morgan fingerprint density at radius 2 is 1.53 bits per heavy atom. The number of hydrogen-bond acceptors (Lipinski definition) is 1. The SMILES string of the molecule is c1c[nH]c(C2CCCCCCCCC2)n1. The van der Waals surface area contributed by atoms with Gasteiger partial charge in [0.2, 0.25) is 0 Å². The summed E-state index contributed by atoms with van der Waals surface area (Å²) in [7, 11) is 0. The number of aromatic nitrogens is 2. The molecule has 0 amide bonds. The lowest BCUT2D eigenvalue weighted by Crippen LogP contribution is -2.03. The number of nitrogens with one attached hydrogen (secondary N) is 1. The Balaban J connectivity index is 1.90. The van der Waals surface area contributed by atoms with Crippen LogP contribution >= 0.6 is 0 Å². The average Bonchev–Trinajstić information content (AvgIpc) is 2.79. The highest BCUT2D eigenvalue weighted by Crippen LogP contribution is 2.27. The lowest BCUT2D eigenvalue weighted by atomic mass is 9.92. The standard InChI is InChI=1S/C13H22N2/c1-2-4-6-8-12(9-7-5-3-1)13-14-10-11-15-13/h10-12H,1-9H2,(H,14,15). The highest BCUT2D eigenvalue weighted by atomic mass is 14.9. The van der Waals surface area contributed by atoms with Crippen LogP contribution in [0.1, 0.15) is 69.5 Å². The highest BCUT2D eigenvalue weighted by molar-refractivity contribution is 4.96. The molecule has 2 heteroatoms. The van der Waals surface area contributed by atoms with Gasteiger partial charge in [0.15, 0.2) is 0 Å². The smallest absolute Gasteiger partial charge is 0.109 e. The third-order valence-electron chi connectivity index (χ3n) is 3.51. The predicted octanol–water partition coefficient (Wildman–Crippen LogP) is 4.02. The topological polar surface area (TPSA) is 28.7 Å². The van der Waals surface area contributed by atoms with Gasteiger partial charge in [-0.15, -0.1) is 0 Å². The largest absolute Gasteiger partial charge is 0.348 e. The molecule has 1 heterocycles. The number of H-pyrrole nitrogens is 1. The zero-order valence-corrected chi connectivity index (χ0v) is 9.54. The summed E-state index contributed by atoms with van der Waals surface area (Å²) in [6.07, 6.45) is 16.4. The summed E-state index contributed by atoms with van der Waals surface area (Å²) < 4.78 is 0. The van der Waals surface area contributed by atoms with Crippen LogP contribution in [-0.4, -0.2) is 9.97 Å². The molecular weight excluding hydrogens is 184 g/mol. The monoisotopic (exact) mass is 206 g/mol. The zero-order chi connectivity index (χ0) is 10.3. The van der Waals surface area contributed by atoms with E-state index in [1.54, 1.807) is 0 Å². The number of hydrogen-bond donors (Lipinski definition) is 1. The maximum atomic E-state index is 4.41. The Labute approximate surface area is 92.5 Å². The van der Waals surface area contributed by atoms with Crippen molar-refractivity contribution in [1.29, 1.82) is 0 Å². The van der Waals surface area contributed by atoms with Crippen molar-refractivity contribution < 1.29 is 0 Å². The van der Waals surface area contributed by atoms with E-state index in [4.69, 9.17) is 0 Å². The Morgan fingerprint density at radius 3 is 2.07 bits per heavy atom. The Bertz CT molecular complexity index is 244. The molecule has 2 nitrogen and oxygen atoms in total. The van der Waals surface area contributed by atoms with E-state index in [2.05, 4.69) is 9.97 Å². The molecule has 0 spiro atoms. The summed E-state index contributed by atoms with van der Waals surface area (Å²) in [5.74, 6) is 1.91. The van der Waals surface area contributed by atoms with Gasteiger partial charge in [-0.25, -0.2) is 4.98 Å². The lowest BCUT2D eigenvalue weighted by Gasteiger charge is -2.16. The minimum atomic E-state index is 0.693. The Hall–Kier alpha value is -0.790. The van der Waals surface area contributed by atoms with Crippen LogP contribution in [0.2, 0.25) is 0 Å². The van der Waals surface area contributed by atoms with E-state index < -0.39 is 0 Å². The van der Waals surface area contributed by atoms with E-state index in [9.17, 15) is 0 Å². The van der Waals surface area contributed by atoms with Crippen LogP contribution in [0.4, 0.5) is 0 Å². The Kier molecular flexibility index (Phi) is 4.24. The van der Waals surface area contributed by atoms with Crippen molar-refractivity contribution in [2.45, 2.75) is 63.7 Å².